The molecule has 0 fully saturated rings. The largest absolute Gasteiger partial charge is 0.497 e. The summed E-state index contributed by atoms with van der Waals surface area (Å²) in [5.74, 6) is 0.748. The molecule has 0 atom stereocenters. The molecule has 0 aliphatic rings. The maximum absolute atomic E-state index is 11.1. The van der Waals surface area contributed by atoms with Crippen LogP contribution >= 0.6 is 0 Å². The minimum Gasteiger partial charge on any atom is -0.497 e. The number of primary amides is 1. The van der Waals surface area contributed by atoms with Gasteiger partial charge in [-0.25, -0.2) is 4.79 Å². The van der Waals surface area contributed by atoms with E-state index in [4.69, 9.17) is 10.5 Å². The highest BCUT2D eigenvalue weighted by molar-refractivity contribution is 5.79. The molecule has 81 valence electrons. The lowest BCUT2D eigenvalue weighted by Gasteiger charge is -2.04. The fraction of sp³-hybridized carbons (Fsp3) is 0.0909. The van der Waals surface area contributed by atoms with Crippen LogP contribution in [-0.4, -0.2) is 22.9 Å². The zero-order valence-corrected chi connectivity index (χ0v) is 8.68. The molecule has 16 heavy (non-hydrogen) atoms. The number of nitrogens with two attached hydrogens (primary N) is 1. The first kappa shape index (κ1) is 10.2. The zero-order valence-electron chi connectivity index (χ0n) is 8.68. The third kappa shape index (κ3) is 1.75. The van der Waals surface area contributed by atoms with Gasteiger partial charge in [-0.3, -0.25) is 0 Å². The van der Waals surface area contributed by atoms with Crippen molar-refractivity contribution in [3.8, 4) is 17.0 Å². The van der Waals surface area contributed by atoms with E-state index in [1.807, 2.05) is 12.1 Å². The van der Waals surface area contributed by atoms with Crippen molar-refractivity contribution in [1.29, 1.82) is 0 Å². The molecule has 0 spiro atoms. The highest BCUT2D eigenvalue weighted by atomic mass is 16.5. The summed E-state index contributed by atoms with van der Waals surface area (Å²) in [7, 11) is 1.59. The number of benzene rings is 1. The summed E-state index contributed by atoms with van der Waals surface area (Å²) in [6, 6.07) is 8.22. The molecule has 5 heteroatoms. The summed E-state index contributed by atoms with van der Waals surface area (Å²) >= 11 is 0. The van der Waals surface area contributed by atoms with Gasteiger partial charge in [0.05, 0.1) is 12.8 Å². The normalized spacial score (nSPS) is 10.1. The molecule has 5 nitrogen and oxygen atoms in total. The Kier molecular flexibility index (Phi) is 2.59. The first-order valence-corrected chi connectivity index (χ1v) is 4.62. The number of hydrogen-bond acceptors (Lipinski definition) is 3. The Morgan fingerprint density at radius 3 is 2.69 bits per heavy atom. The molecule has 0 aliphatic carbocycles. The van der Waals surface area contributed by atoms with Gasteiger partial charge in [-0.05, 0) is 30.3 Å². The smallest absolute Gasteiger partial charge is 0.340 e. The molecule has 1 aromatic heterocycles. The lowest BCUT2D eigenvalue weighted by atomic mass is 10.1. The minimum atomic E-state index is -0.632. The molecule has 0 aliphatic heterocycles. The van der Waals surface area contributed by atoms with E-state index < -0.39 is 6.03 Å². The number of nitrogens with zero attached hydrogens (tertiary/aromatic N) is 2. The van der Waals surface area contributed by atoms with Crippen LogP contribution in [0.2, 0.25) is 0 Å². The second-order valence-corrected chi connectivity index (χ2v) is 3.14. The molecule has 0 saturated carbocycles. The SMILES string of the molecule is COc1ccc(-c2c[c]nn2C(N)=O)cc1. The molecular weight excluding hydrogens is 206 g/mol. The van der Waals surface area contributed by atoms with Crippen LogP contribution in [0.15, 0.2) is 30.3 Å². The molecule has 2 N–H and O–H groups in total. The maximum atomic E-state index is 11.1. The van der Waals surface area contributed by atoms with Gasteiger partial charge >= 0.3 is 6.03 Å². The monoisotopic (exact) mass is 216 g/mol. The van der Waals surface area contributed by atoms with Gasteiger partial charge in [0.2, 0.25) is 0 Å². The van der Waals surface area contributed by atoms with E-state index in [1.54, 1.807) is 25.3 Å². The summed E-state index contributed by atoms with van der Waals surface area (Å²) in [5, 5.41) is 3.72. The molecular formula is C11H10N3O2. The Balaban J connectivity index is 2.42. The van der Waals surface area contributed by atoms with Gasteiger partial charge in [0, 0.05) is 5.56 Å². The Bertz CT molecular complexity index is 502. The second-order valence-electron chi connectivity index (χ2n) is 3.14. The van der Waals surface area contributed by atoms with E-state index in [1.165, 1.54) is 0 Å². The molecule has 2 rings (SSSR count). The standard InChI is InChI=1S/C11H10N3O2/c1-16-9-4-2-8(3-5-9)10-6-7-13-14(10)11(12)15/h2-6H,1H3,(H2,12,15). The number of hydrogen-bond donors (Lipinski definition) is 1. The number of aromatic nitrogens is 2. The highest BCUT2D eigenvalue weighted by Gasteiger charge is 2.09. The molecule has 1 amide bonds. The van der Waals surface area contributed by atoms with Crippen LogP contribution in [0.5, 0.6) is 5.75 Å². The van der Waals surface area contributed by atoms with Crippen LogP contribution in [0.4, 0.5) is 4.79 Å². The van der Waals surface area contributed by atoms with Crippen molar-refractivity contribution in [3.63, 3.8) is 0 Å². The third-order valence-electron chi connectivity index (χ3n) is 2.18. The van der Waals surface area contributed by atoms with Gasteiger partial charge < -0.3 is 10.5 Å². The van der Waals surface area contributed by atoms with Gasteiger partial charge in [-0.2, -0.15) is 9.78 Å². The molecule has 0 unspecified atom stereocenters. The van der Waals surface area contributed by atoms with E-state index in [9.17, 15) is 4.79 Å². The number of methoxy groups -OCH3 is 1. The predicted molar refractivity (Wildman–Crippen MR) is 58.0 cm³/mol. The van der Waals surface area contributed by atoms with Gasteiger partial charge in [0.1, 0.15) is 11.9 Å². The van der Waals surface area contributed by atoms with Crippen molar-refractivity contribution in [2.75, 3.05) is 7.11 Å². The van der Waals surface area contributed by atoms with Crippen molar-refractivity contribution < 1.29 is 9.53 Å². The van der Waals surface area contributed by atoms with Crippen molar-refractivity contribution in [1.82, 2.24) is 9.78 Å². The molecule has 0 saturated heterocycles. The third-order valence-corrected chi connectivity index (χ3v) is 2.18. The maximum Gasteiger partial charge on any atom is 0.340 e. The quantitative estimate of drug-likeness (QED) is 0.822. The topological polar surface area (TPSA) is 70.1 Å². The van der Waals surface area contributed by atoms with Crippen LogP contribution in [0.1, 0.15) is 0 Å². The number of rotatable bonds is 2. The number of carbonyl (C=O) groups is 1. The summed E-state index contributed by atoms with van der Waals surface area (Å²) in [6.45, 7) is 0. The van der Waals surface area contributed by atoms with Crippen molar-refractivity contribution >= 4 is 6.03 Å². The Hall–Kier alpha value is -2.30. The summed E-state index contributed by atoms with van der Waals surface area (Å²) in [4.78, 5) is 11.1. The zero-order chi connectivity index (χ0) is 11.5. The highest BCUT2D eigenvalue weighted by Crippen LogP contribution is 2.21. The van der Waals surface area contributed by atoms with Gasteiger partial charge in [0.15, 0.2) is 0 Å². The van der Waals surface area contributed by atoms with E-state index in [-0.39, 0.29) is 0 Å². The van der Waals surface area contributed by atoms with E-state index in [2.05, 4.69) is 11.3 Å². The van der Waals surface area contributed by atoms with E-state index >= 15 is 0 Å². The molecule has 0 bridgehead atoms. The van der Waals surface area contributed by atoms with Crippen LogP contribution < -0.4 is 10.5 Å². The fourth-order valence-corrected chi connectivity index (χ4v) is 1.40. The number of ether oxygens (including phenoxy) is 1. The lowest BCUT2D eigenvalue weighted by molar-refractivity contribution is 0.248. The summed E-state index contributed by atoms with van der Waals surface area (Å²) in [6.07, 6.45) is 2.59. The van der Waals surface area contributed by atoms with Crippen LogP contribution in [0, 0.1) is 6.20 Å². The van der Waals surface area contributed by atoms with E-state index in [0.29, 0.717) is 5.69 Å². The van der Waals surface area contributed by atoms with Gasteiger partial charge in [0.25, 0.3) is 0 Å². The molecule has 1 aromatic carbocycles. The van der Waals surface area contributed by atoms with Crippen LogP contribution in [0.3, 0.4) is 0 Å². The number of amides is 1. The summed E-state index contributed by atoms with van der Waals surface area (Å²) < 4.78 is 6.14. The van der Waals surface area contributed by atoms with Crippen LogP contribution in [0.25, 0.3) is 11.3 Å². The summed E-state index contributed by atoms with van der Waals surface area (Å²) in [5.41, 5.74) is 6.60. The first-order valence-electron chi connectivity index (χ1n) is 4.62. The Morgan fingerprint density at radius 1 is 1.44 bits per heavy atom. The predicted octanol–water partition coefficient (Wildman–Crippen LogP) is 1.29. The molecule has 1 heterocycles. The Morgan fingerprint density at radius 2 is 2.12 bits per heavy atom. The second kappa shape index (κ2) is 4.06. The van der Waals surface area contributed by atoms with Crippen molar-refractivity contribution in [2.45, 2.75) is 0 Å². The van der Waals surface area contributed by atoms with Gasteiger partial charge in [-0.1, -0.05) is 0 Å². The van der Waals surface area contributed by atoms with Crippen molar-refractivity contribution in [2.24, 2.45) is 5.73 Å². The lowest BCUT2D eigenvalue weighted by Crippen LogP contribution is -2.21. The first-order chi connectivity index (χ1) is 7.72. The average Bonchev–Trinajstić information content (AvgIpc) is 2.78. The minimum absolute atomic E-state index is 0.607. The van der Waals surface area contributed by atoms with Crippen molar-refractivity contribution in [3.05, 3.63) is 36.5 Å². The number of carbonyl (C=O) groups excluding carboxylic acids is 1. The molecule has 1 radical (unpaired) electrons. The van der Waals surface area contributed by atoms with E-state index in [0.717, 1.165) is 16.0 Å². The molecule has 2 aromatic rings. The fourth-order valence-electron chi connectivity index (χ4n) is 1.40. The average molecular weight is 216 g/mol. The van der Waals surface area contributed by atoms with Gasteiger partial charge in [-0.15, -0.1) is 0 Å². The Labute approximate surface area is 92.4 Å². The van der Waals surface area contributed by atoms with Crippen LogP contribution in [-0.2, 0) is 0 Å².